The molecule has 9 heteroatoms. The van der Waals surface area contributed by atoms with E-state index in [-0.39, 0.29) is 23.4 Å². The Morgan fingerprint density at radius 1 is 1.19 bits per heavy atom. The van der Waals surface area contributed by atoms with Gasteiger partial charge in [0.1, 0.15) is 11.9 Å². The Morgan fingerprint density at radius 2 is 1.94 bits per heavy atom. The summed E-state index contributed by atoms with van der Waals surface area (Å²) in [5.41, 5.74) is 1.51. The first-order valence-corrected chi connectivity index (χ1v) is 13.2. The van der Waals surface area contributed by atoms with E-state index in [4.69, 9.17) is 4.74 Å². The first-order chi connectivity index (χ1) is 15.3. The van der Waals surface area contributed by atoms with Crippen molar-refractivity contribution in [2.24, 2.45) is 0 Å². The second-order valence-electron chi connectivity index (χ2n) is 8.16. The maximum absolute atomic E-state index is 12.9. The molecule has 1 aromatic heterocycles. The van der Waals surface area contributed by atoms with Gasteiger partial charge in [0.25, 0.3) is 0 Å². The summed E-state index contributed by atoms with van der Waals surface area (Å²) in [6.07, 6.45) is 2.66. The highest BCUT2D eigenvalue weighted by atomic mass is 32.2. The Hall–Kier alpha value is -1.97. The van der Waals surface area contributed by atoms with Crippen molar-refractivity contribution in [3.05, 3.63) is 24.0 Å². The average Bonchev–Trinajstić information content (AvgIpc) is 3.15. The lowest BCUT2D eigenvalue weighted by Gasteiger charge is -2.31. The van der Waals surface area contributed by atoms with Crippen LogP contribution in [0.15, 0.2) is 23.1 Å². The van der Waals surface area contributed by atoms with Crippen molar-refractivity contribution in [2.75, 3.05) is 32.7 Å². The Morgan fingerprint density at radius 3 is 2.59 bits per heavy atom. The number of benzene rings is 1. The fourth-order valence-electron chi connectivity index (χ4n) is 4.43. The number of aromatic nitrogens is 2. The minimum atomic E-state index is -3.55. The molecule has 32 heavy (non-hydrogen) atoms. The highest BCUT2D eigenvalue weighted by Gasteiger charge is 2.24. The lowest BCUT2D eigenvalue weighted by molar-refractivity contribution is -0.151. The number of carbonyl (C=O) groups excluding carboxylic acids is 1. The zero-order valence-corrected chi connectivity index (χ0v) is 20.5. The van der Waals surface area contributed by atoms with Crippen LogP contribution in [-0.2, 0) is 32.5 Å². The number of rotatable bonds is 10. The molecule has 0 radical (unpaired) electrons. The minimum Gasteiger partial charge on any atom is -0.461 e. The molecule has 178 valence electrons. The molecule has 2 heterocycles. The molecule has 0 saturated carbocycles. The van der Waals surface area contributed by atoms with Crippen LogP contribution in [0, 0.1) is 0 Å². The number of likely N-dealkylation sites (tertiary alicyclic amines) is 1. The largest absolute Gasteiger partial charge is 0.461 e. The second-order valence-corrected chi connectivity index (χ2v) is 10.1. The third-order valence-corrected chi connectivity index (χ3v) is 8.26. The molecule has 0 N–H and O–H groups in total. The number of piperidine rings is 1. The van der Waals surface area contributed by atoms with Gasteiger partial charge in [-0.15, -0.1) is 0 Å². The van der Waals surface area contributed by atoms with Crippen LogP contribution in [0.2, 0.25) is 0 Å². The molecule has 1 unspecified atom stereocenters. The van der Waals surface area contributed by atoms with E-state index < -0.39 is 10.0 Å². The number of esters is 1. The molecule has 0 bridgehead atoms. The van der Waals surface area contributed by atoms with E-state index in [1.54, 1.807) is 12.1 Å². The molecule has 1 aliphatic heterocycles. The van der Waals surface area contributed by atoms with Crippen molar-refractivity contribution >= 4 is 27.0 Å². The molecule has 2 aromatic rings. The van der Waals surface area contributed by atoms with Crippen LogP contribution >= 0.6 is 0 Å². The summed E-state index contributed by atoms with van der Waals surface area (Å²) >= 11 is 0. The van der Waals surface area contributed by atoms with Gasteiger partial charge in [-0.1, -0.05) is 20.8 Å². The van der Waals surface area contributed by atoms with Crippen molar-refractivity contribution in [3.63, 3.8) is 0 Å². The monoisotopic (exact) mass is 464 g/mol. The third kappa shape index (κ3) is 5.32. The summed E-state index contributed by atoms with van der Waals surface area (Å²) in [4.78, 5) is 19.7. The lowest BCUT2D eigenvalue weighted by Crippen LogP contribution is -2.40. The minimum absolute atomic E-state index is 0.0333. The Balaban J connectivity index is 1.73. The number of fused-ring (bicyclic) bond motifs is 1. The SMILES string of the molecule is CCN1CCCC(OC(=O)CCc2nc3cc(S(=O)(=O)N(CC)CC)ccc3n2CC)C1. The van der Waals surface area contributed by atoms with Gasteiger partial charge in [0, 0.05) is 32.6 Å². The van der Waals surface area contributed by atoms with Crippen LogP contribution in [0.25, 0.3) is 11.0 Å². The van der Waals surface area contributed by atoms with Crippen LogP contribution in [0.1, 0.15) is 52.8 Å². The van der Waals surface area contributed by atoms with Gasteiger partial charge >= 0.3 is 5.97 Å². The van der Waals surface area contributed by atoms with E-state index in [2.05, 4.69) is 16.8 Å². The van der Waals surface area contributed by atoms with Gasteiger partial charge in [0.15, 0.2) is 0 Å². The van der Waals surface area contributed by atoms with Gasteiger partial charge in [-0.2, -0.15) is 4.31 Å². The quantitative estimate of drug-likeness (QED) is 0.503. The van der Waals surface area contributed by atoms with Gasteiger partial charge < -0.3 is 9.30 Å². The van der Waals surface area contributed by atoms with Crippen molar-refractivity contribution in [2.45, 2.75) is 70.9 Å². The maximum atomic E-state index is 12.9. The number of sulfonamides is 1. The smallest absolute Gasteiger partial charge is 0.306 e. The third-order valence-electron chi connectivity index (χ3n) is 6.22. The van der Waals surface area contributed by atoms with Crippen molar-refractivity contribution in [1.29, 1.82) is 0 Å². The van der Waals surface area contributed by atoms with Crippen LogP contribution in [0.3, 0.4) is 0 Å². The molecule has 0 amide bonds. The summed E-state index contributed by atoms with van der Waals surface area (Å²) in [6, 6.07) is 5.09. The van der Waals surface area contributed by atoms with Crippen molar-refractivity contribution in [3.8, 4) is 0 Å². The zero-order valence-electron chi connectivity index (χ0n) is 19.7. The molecule has 1 aliphatic rings. The van der Waals surface area contributed by atoms with Crippen LogP contribution in [-0.4, -0.2) is 72.0 Å². The molecule has 3 rings (SSSR count). The number of aryl methyl sites for hydroxylation is 2. The first kappa shape index (κ1) is 24.7. The molecule has 1 saturated heterocycles. The topological polar surface area (TPSA) is 84.7 Å². The predicted molar refractivity (Wildman–Crippen MR) is 125 cm³/mol. The summed E-state index contributed by atoms with van der Waals surface area (Å²) in [7, 11) is -3.55. The summed E-state index contributed by atoms with van der Waals surface area (Å²) in [5.74, 6) is 0.572. The number of likely N-dealkylation sites (N-methyl/N-ethyl adjacent to an activating group) is 1. The highest BCUT2D eigenvalue weighted by Crippen LogP contribution is 2.24. The van der Waals surface area contributed by atoms with Gasteiger partial charge in [-0.05, 0) is 51.1 Å². The van der Waals surface area contributed by atoms with E-state index in [9.17, 15) is 13.2 Å². The Kier molecular flexibility index (Phi) is 8.30. The van der Waals surface area contributed by atoms with E-state index >= 15 is 0 Å². The predicted octanol–water partition coefficient (Wildman–Crippen LogP) is 3.05. The molecular weight excluding hydrogens is 428 g/mol. The van der Waals surface area contributed by atoms with Crippen molar-refractivity contribution < 1.29 is 17.9 Å². The van der Waals surface area contributed by atoms with Crippen LogP contribution in [0.4, 0.5) is 0 Å². The fourth-order valence-corrected chi connectivity index (χ4v) is 5.91. The number of ether oxygens (including phenoxy) is 1. The maximum Gasteiger partial charge on any atom is 0.306 e. The Labute approximate surface area is 191 Å². The van der Waals surface area contributed by atoms with Crippen LogP contribution in [0.5, 0.6) is 0 Å². The molecule has 0 spiro atoms. The molecule has 1 atom stereocenters. The standard InChI is InChI=1S/C23H36N4O4S/c1-5-25-15-9-10-18(17-25)31-23(28)14-13-22-24-20-16-19(11-12-21(20)27(22)8-4)32(29,30)26(6-2)7-3/h11-12,16,18H,5-10,13-15,17H2,1-4H3. The molecule has 1 fully saturated rings. The molecule has 8 nitrogen and oxygen atoms in total. The van der Waals surface area contributed by atoms with E-state index in [0.29, 0.717) is 31.6 Å². The average molecular weight is 465 g/mol. The van der Waals surface area contributed by atoms with E-state index in [0.717, 1.165) is 43.8 Å². The molecule has 1 aromatic carbocycles. The van der Waals surface area contributed by atoms with Gasteiger partial charge in [-0.25, -0.2) is 13.4 Å². The zero-order chi connectivity index (χ0) is 23.3. The number of imidazole rings is 1. The highest BCUT2D eigenvalue weighted by molar-refractivity contribution is 7.89. The second kappa shape index (κ2) is 10.8. The lowest BCUT2D eigenvalue weighted by atomic mass is 10.1. The summed E-state index contributed by atoms with van der Waals surface area (Å²) in [6.45, 7) is 12.2. The first-order valence-electron chi connectivity index (χ1n) is 11.7. The van der Waals surface area contributed by atoms with Gasteiger partial charge in [-0.3, -0.25) is 9.69 Å². The number of carbonyl (C=O) groups is 1. The summed E-state index contributed by atoms with van der Waals surface area (Å²) < 4.78 is 34.9. The number of hydrogen-bond acceptors (Lipinski definition) is 6. The number of hydrogen-bond donors (Lipinski definition) is 0. The van der Waals surface area contributed by atoms with Gasteiger partial charge in [0.05, 0.1) is 22.3 Å². The van der Waals surface area contributed by atoms with E-state index in [1.165, 1.54) is 4.31 Å². The fraction of sp³-hybridized carbons (Fsp3) is 0.652. The summed E-state index contributed by atoms with van der Waals surface area (Å²) in [5, 5.41) is 0. The van der Waals surface area contributed by atoms with Gasteiger partial charge in [0.2, 0.25) is 10.0 Å². The molecular formula is C23H36N4O4S. The normalized spacial score (nSPS) is 17.8. The van der Waals surface area contributed by atoms with Crippen molar-refractivity contribution in [1.82, 2.24) is 18.8 Å². The van der Waals surface area contributed by atoms with Crippen LogP contribution < -0.4 is 0 Å². The number of nitrogens with zero attached hydrogens (tertiary/aromatic N) is 4. The molecule has 0 aliphatic carbocycles. The Bertz CT molecular complexity index is 1030. The van der Waals surface area contributed by atoms with E-state index in [1.807, 2.05) is 31.4 Å².